The summed E-state index contributed by atoms with van der Waals surface area (Å²) in [6, 6.07) is 9.54. The van der Waals surface area contributed by atoms with Crippen LogP contribution in [0, 0.1) is 11.8 Å². The number of benzene rings is 1. The van der Waals surface area contributed by atoms with Gasteiger partial charge in [-0.05, 0) is 5.56 Å². The third-order valence-electron chi connectivity index (χ3n) is 4.54. The van der Waals surface area contributed by atoms with Crippen molar-refractivity contribution in [2.45, 2.75) is 18.8 Å². The Balaban J connectivity index is 1.64. The second kappa shape index (κ2) is 6.18. The number of likely N-dealkylation sites (tertiary alicyclic amines) is 2. The maximum absolute atomic E-state index is 12.4. The number of aliphatic hydroxyl groups excluding tert-OH is 1. The SMILES string of the molecule is O=C1C2CN(Cc3ccccc3)CC2C(=O)N1CC(O)C(F)(F)F. The Bertz CT molecular complexity index is 611. The first-order valence-electron chi connectivity index (χ1n) is 7.63. The summed E-state index contributed by atoms with van der Waals surface area (Å²) in [5.74, 6) is -2.49. The van der Waals surface area contributed by atoms with Crippen LogP contribution >= 0.6 is 0 Å². The van der Waals surface area contributed by atoms with Crippen LogP contribution in [0.3, 0.4) is 0 Å². The van der Waals surface area contributed by atoms with Crippen molar-refractivity contribution in [3.63, 3.8) is 0 Å². The van der Waals surface area contributed by atoms with E-state index in [1.807, 2.05) is 35.2 Å². The van der Waals surface area contributed by atoms with Gasteiger partial charge in [-0.15, -0.1) is 0 Å². The standard InChI is InChI=1S/C16H17F3N2O3/c17-16(18,19)13(22)9-21-14(23)11-7-20(8-12(11)15(21)24)6-10-4-2-1-3-5-10/h1-5,11-13,22H,6-9H2. The van der Waals surface area contributed by atoms with Gasteiger partial charge in [0.25, 0.3) is 0 Å². The molecule has 2 amide bonds. The molecule has 1 N–H and O–H groups in total. The van der Waals surface area contributed by atoms with Crippen molar-refractivity contribution < 1.29 is 27.9 Å². The lowest BCUT2D eigenvalue weighted by Crippen LogP contribution is -2.45. The molecule has 5 nitrogen and oxygen atoms in total. The summed E-state index contributed by atoms with van der Waals surface area (Å²) in [7, 11) is 0. The van der Waals surface area contributed by atoms with Gasteiger partial charge in [-0.1, -0.05) is 30.3 Å². The number of carbonyl (C=O) groups excluding carboxylic acids is 2. The normalized spacial score (nSPS) is 26.1. The van der Waals surface area contributed by atoms with Gasteiger partial charge in [-0.25, -0.2) is 0 Å². The molecular weight excluding hydrogens is 325 g/mol. The number of carbonyl (C=O) groups is 2. The number of imide groups is 1. The van der Waals surface area contributed by atoms with Crippen molar-refractivity contribution in [3.8, 4) is 0 Å². The van der Waals surface area contributed by atoms with Gasteiger partial charge in [-0.3, -0.25) is 19.4 Å². The lowest BCUT2D eigenvalue weighted by Gasteiger charge is -2.23. The number of hydrogen-bond donors (Lipinski definition) is 1. The van der Waals surface area contributed by atoms with Crippen LogP contribution in [0.25, 0.3) is 0 Å². The molecule has 0 radical (unpaired) electrons. The highest BCUT2D eigenvalue weighted by Gasteiger charge is 2.54. The number of hydrogen-bond acceptors (Lipinski definition) is 4. The van der Waals surface area contributed by atoms with Crippen molar-refractivity contribution in [2.24, 2.45) is 11.8 Å². The van der Waals surface area contributed by atoms with Crippen LogP contribution in [-0.4, -0.2) is 58.6 Å². The first-order valence-corrected chi connectivity index (χ1v) is 7.63. The molecule has 0 bridgehead atoms. The fraction of sp³-hybridized carbons (Fsp3) is 0.500. The predicted octanol–water partition coefficient (Wildman–Crippen LogP) is 1.03. The first-order chi connectivity index (χ1) is 11.3. The van der Waals surface area contributed by atoms with Crippen LogP contribution in [0.2, 0.25) is 0 Å². The lowest BCUT2D eigenvalue weighted by atomic mass is 10.00. The number of fused-ring (bicyclic) bond motifs is 1. The number of aliphatic hydroxyl groups is 1. The Kier molecular flexibility index (Phi) is 4.35. The number of nitrogens with zero attached hydrogens (tertiary/aromatic N) is 2. The molecule has 0 aliphatic carbocycles. The van der Waals surface area contributed by atoms with Gasteiger partial charge < -0.3 is 5.11 Å². The summed E-state index contributed by atoms with van der Waals surface area (Å²) in [4.78, 5) is 27.0. The van der Waals surface area contributed by atoms with E-state index >= 15 is 0 Å². The van der Waals surface area contributed by atoms with Gasteiger partial charge in [0.05, 0.1) is 18.4 Å². The summed E-state index contributed by atoms with van der Waals surface area (Å²) in [6.45, 7) is 0.234. The highest BCUT2D eigenvalue weighted by molar-refractivity contribution is 6.05. The van der Waals surface area contributed by atoms with E-state index in [1.54, 1.807) is 0 Å². The van der Waals surface area contributed by atoms with Crippen molar-refractivity contribution >= 4 is 11.8 Å². The van der Waals surface area contributed by atoms with Gasteiger partial charge in [0, 0.05) is 19.6 Å². The van der Waals surface area contributed by atoms with Gasteiger partial charge in [0.15, 0.2) is 6.10 Å². The molecule has 0 aromatic heterocycles. The quantitative estimate of drug-likeness (QED) is 0.831. The molecule has 2 fully saturated rings. The second-order valence-corrected chi connectivity index (χ2v) is 6.24. The zero-order valence-electron chi connectivity index (χ0n) is 12.7. The van der Waals surface area contributed by atoms with E-state index in [2.05, 4.69) is 0 Å². The molecule has 2 heterocycles. The third kappa shape index (κ3) is 3.16. The van der Waals surface area contributed by atoms with Gasteiger partial charge in [-0.2, -0.15) is 13.2 Å². The maximum Gasteiger partial charge on any atom is 0.416 e. The summed E-state index contributed by atoms with van der Waals surface area (Å²) in [5.41, 5.74) is 1.04. The second-order valence-electron chi connectivity index (χ2n) is 6.24. The molecule has 2 aliphatic rings. The monoisotopic (exact) mass is 342 g/mol. The van der Waals surface area contributed by atoms with Gasteiger partial charge in [0.2, 0.25) is 11.8 Å². The van der Waals surface area contributed by atoms with E-state index in [0.29, 0.717) is 24.5 Å². The molecular formula is C16H17F3N2O3. The van der Waals surface area contributed by atoms with Crippen LogP contribution in [0.5, 0.6) is 0 Å². The van der Waals surface area contributed by atoms with E-state index < -0.39 is 42.5 Å². The number of rotatable bonds is 4. The molecule has 1 aromatic rings. The molecule has 8 heteroatoms. The Labute approximate surface area is 136 Å². The van der Waals surface area contributed by atoms with Crippen molar-refractivity contribution in [3.05, 3.63) is 35.9 Å². The highest BCUT2D eigenvalue weighted by atomic mass is 19.4. The first kappa shape index (κ1) is 16.9. The smallest absolute Gasteiger partial charge is 0.382 e. The van der Waals surface area contributed by atoms with Crippen molar-refractivity contribution in [1.29, 1.82) is 0 Å². The fourth-order valence-corrected chi connectivity index (χ4v) is 3.32. The Morgan fingerprint density at radius 2 is 1.62 bits per heavy atom. The van der Waals surface area contributed by atoms with Crippen LogP contribution in [-0.2, 0) is 16.1 Å². The molecule has 2 saturated heterocycles. The molecule has 2 aliphatic heterocycles. The van der Waals surface area contributed by atoms with Crippen LogP contribution in [0.4, 0.5) is 13.2 Å². The molecule has 3 unspecified atom stereocenters. The minimum atomic E-state index is -4.85. The summed E-state index contributed by atoms with van der Waals surface area (Å²) >= 11 is 0. The van der Waals surface area contributed by atoms with Crippen LogP contribution < -0.4 is 0 Å². The molecule has 24 heavy (non-hydrogen) atoms. The largest absolute Gasteiger partial charge is 0.416 e. The van der Waals surface area contributed by atoms with E-state index in [-0.39, 0.29) is 0 Å². The third-order valence-corrected chi connectivity index (χ3v) is 4.54. The van der Waals surface area contributed by atoms with Crippen molar-refractivity contribution in [2.75, 3.05) is 19.6 Å². The molecule has 3 atom stereocenters. The highest BCUT2D eigenvalue weighted by Crippen LogP contribution is 2.35. The van der Waals surface area contributed by atoms with E-state index in [1.165, 1.54) is 0 Å². The molecule has 3 rings (SSSR count). The Morgan fingerprint density at radius 1 is 1.08 bits per heavy atom. The summed E-state index contributed by atoms with van der Waals surface area (Å²) < 4.78 is 37.3. The summed E-state index contributed by atoms with van der Waals surface area (Å²) in [6.07, 6.45) is -7.55. The topological polar surface area (TPSA) is 60.9 Å². The zero-order valence-corrected chi connectivity index (χ0v) is 12.7. The number of amides is 2. The van der Waals surface area contributed by atoms with E-state index in [4.69, 9.17) is 5.11 Å². The van der Waals surface area contributed by atoms with Crippen molar-refractivity contribution in [1.82, 2.24) is 9.80 Å². The van der Waals surface area contributed by atoms with Gasteiger partial charge in [0.1, 0.15) is 0 Å². The number of halogens is 3. The Hall–Kier alpha value is -1.93. The molecule has 130 valence electrons. The fourth-order valence-electron chi connectivity index (χ4n) is 3.32. The van der Waals surface area contributed by atoms with Gasteiger partial charge >= 0.3 is 6.18 Å². The Morgan fingerprint density at radius 3 is 2.12 bits per heavy atom. The molecule has 0 spiro atoms. The minimum Gasteiger partial charge on any atom is -0.382 e. The average Bonchev–Trinajstić information content (AvgIpc) is 3.02. The van der Waals surface area contributed by atoms with Crippen LogP contribution in [0.15, 0.2) is 30.3 Å². The number of alkyl halides is 3. The molecule has 1 aromatic carbocycles. The lowest BCUT2D eigenvalue weighted by molar-refractivity contribution is -0.208. The van der Waals surface area contributed by atoms with E-state index in [0.717, 1.165) is 5.56 Å². The zero-order chi connectivity index (χ0) is 17.5. The summed E-state index contributed by atoms with van der Waals surface area (Å²) in [5, 5.41) is 9.11. The predicted molar refractivity (Wildman–Crippen MR) is 77.5 cm³/mol. The van der Waals surface area contributed by atoms with E-state index in [9.17, 15) is 22.8 Å². The maximum atomic E-state index is 12.4. The number of β-amino-alcohol motifs (C(OH)–C–C–N with tert-alkyl or cyclic N) is 1. The van der Waals surface area contributed by atoms with Crippen LogP contribution in [0.1, 0.15) is 5.56 Å². The molecule has 0 saturated carbocycles. The average molecular weight is 342 g/mol. The minimum absolute atomic E-state index is 0.336.